The van der Waals surface area contributed by atoms with Crippen molar-refractivity contribution in [1.29, 1.82) is 0 Å². The molecule has 0 bridgehead atoms. The van der Waals surface area contributed by atoms with E-state index in [0.717, 1.165) is 29.9 Å². The van der Waals surface area contributed by atoms with E-state index in [0.29, 0.717) is 6.54 Å². The topological polar surface area (TPSA) is 64.4 Å². The van der Waals surface area contributed by atoms with E-state index in [9.17, 15) is 4.79 Å². The Morgan fingerprint density at radius 1 is 1.23 bits per heavy atom. The normalized spacial score (nSPS) is 14.1. The molecule has 1 aliphatic heterocycles. The number of carbonyl (C=O) groups excluding carboxylic acids is 1. The maximum absolute atomic E-state index is 11.5. The largest absolute Gasteiger partial charge is 0.493 e. The number of fused-ring (bicyclic) bond motifs is 1. The Balaban J connectivity index is 1.70. The van der Waals surface area contributed by atoms with Gasteiger partial charge in [-0.15, -0.1) is 0 Å². The number of benzene rings is 2. The molecule has 0 saturated heterocycles. The van der Waals surface area contributed by atoms with E-state index in [-0.39, 0.29) is 5.91 Å². The molecule has 2 aromatic carbocycles. The summed E-state index contributed by atoms with van der Waals surface area (Å²) in [4.78, 5) is 11.5. The van der Waals surface area contributed by atoms with E-state index in [2.05, 4.69) is 29.6 Å². The Kier molecular flexibility index (Phi) is 4.11. The average molecular weight is 296 g/mol. The first-order chi connectivity index (χ1) is 10.6. The van der Waals surface area contributed by atoms with Gasteiger partial charge in [0.25, 0.3) is 0 Å². The quantitative estimate of drug-likeness (QED) is 0.909. The van der Waals surface area contributed by atoms with Crippen molar-refractivity contribution >= 4 is 5.91 Å². The number of nitrogens with one attached hydrogen (secondary N) is 1. The first-order valence-corrected chi connectivity index (χ1v) is 7.52. The van der Waals surface area contributed by atoms with Crippen molar-refractivity contribution in [3.63, 3.8) is 0 Å². The number of amides is 1. The Labute approximate surface area is 130 Å². The van der Waals surface area contributed by atoms with E-state index >= 15 is 0 Å². The lowest BCUT2D eigenvalue weighted by Gasteiger charge is -2.09. The van der Waals surface area contributed by atoms with Crippen LogP contribution in [0.1, 0.15) is 18.1 Å². The fraction of sp³-hybridized carbons (Fsp3) is 0.278. The lowest BCUT2D eigenvalue weighted by atomic mass is 10.0. The van der Waals surface area contributed by atoms with E-state index in [4.69, 9.17) is 10.5 Å². The van der Waals surface area contributed by atoms with Crippen LogP contribution in [0, 0.1) is 0 Å². The number of nitrogens with two attached hydrogens (primary N) is 1. The van der Waals surface area contributed by atoms with Gasteiger partial charge in [0.05, 0.1) is 12.6 Å². The van der Waals surface area contributed by atoms with Gasteiger partial charge in [0.15, 0.2) is 0 Å². The van der Waals surface area contributed by atoms with Gasteiger partial charge in [-0.2, -0.15) is 0 Å². The molecule has 3 N–H and O–H groups in total. The van der Waals surface area contributed by atoms with E-state index < -0.39 is 6.04 Å². The molecule has 1 amide bonds. The van der Waals surface area contributed by atoms with E-state index in [1.165, 1.54) is 11.1 Å². The third-order valence-corrected chi connectivity index (χ3v) is 3.86. The number of rotatable bonds is 4. The Morgan fingerprint density at radius 2 is 1.95 bits per heavy atom. The van der Waals surface area contributed by atoms with Crippen molar-refractivity contribution in [2.75, 3.05) is 6.61 Å². The molecule has 0 radical (unpaired) electrons. The second-order valence-corrected chi connectivity index (χ2v) is 5.62. The molecule has 4 heteroatoms. The SMILES string of the molecule is C[C@@H](N)C(=O)NCc1ccc(-c2ccc3c(c2)CCO3)cc1. The molecule has 0 aliphatic carbocycles. The van der Waals surface area contributed by atoms with Crippen LogP contribution in [0.4, 0.5) is 0 Å². The van der Waals surface area contributed by atoms with Gasteiger partial charge in [-0.1, -0.05) is 30.3 Å². The molecule has 114 valence electrons. The van der Waals surface area contributed by atoms with Crippen molar-refractivity contribution in [3.8, 4) is 16.9 Å². The Hall–Kier alpha value is -2.33. The molecule has 22 heavy (non-hydrogen) atoms. The van der Waals surface area contributed by atoms with Crippen molar-refractivity contribution in [1.82, 2.24) is 5.32 Å². The highest BCUT2D eigenvalue weighted by Crippen LogP contribution is 2.30. The molecule has 0 spiro atoms. The minimum atomic E-state index is -0.479. The van der Waals surface area contributed by atoms with Crippen molar-refractivity contribution in [2.45, 2.75) is 25.9 Å². The highest BCUT2D eigenvalue weighted by atomic mass is 16.5. The van der Waals surface area contributed by atoms with Gasteiger partial charge in [0, 0.05) is 13.0 Å². The highest BCUT2D eigenvalue weighted by molar-refractivity contribution is 5.80. The molecule has 2 aromatic rings. The fourth-order valence-electron chi connectivity index (χ4n) is 2.53. The third kappa shape index (κ3) is 3.12. The maximum Gasteiger partial charge on any atom is 0.236 e. The second kappa shape index (κ2) is 6.20. The fourth-order valence-corrected chi connectivity index (χ4v) is 2.53. The van der Waals surface area contributed by atoms with Crippen LogP contribution in [-0.2, 0) is 17.8 Å². The first-order valence-electron chi connectivity index (χ1n) is 7.52. The molecule has 0 saturated carbocycles. The summed E-state index contributed by atoms with van der Waals surface area (Å²) in [6.07, 6.45) is 0.977. The zero-order valence-corrected chi connectivity index (χ0v) is 12.6. The monoisotopic (exact) mass is 296 g/mol. The number of ether oxygens (including phenoxy) is 1. The molecule has 4 nitrogen and oxygen atoms in total. The first kappa shape index (κ1) is 14.6. The molecule has 1 atom stereocenters. The predicted molar refractivity (Wildman–Crippen MR) is 86.6 cm³/mol. The van der Waals surface area contributed by atoms with Gasteiger partial charge in [-0.3, -0.25) is 4.79 Å². The van der Waals surface area contributed by atoms with E-state index in [1.807, 2.05) is 18.2 Å². The molecule has 0 fully saturated rings. The summed E-state index contributed by atoms with van der Waals surface area (Å²) in [7, 11) is 0. The summed E-state index contributed by atoms with van der Waals surface area (Å²) in [5, 5.41) is 2.81. The third-order valence-electron chi connectivity index (χ3n) is 3.86. The molecule has 0 aromatic heterocycles. The number of carbonyl (C=O) groups is 1. The van der Waals surface area contributed by atoms with Crippen LogP contribution >= 0.6 is 0 Å². The number of hydrogen-bond donors (Lipinski definition) is 2. The van der Waals surface area contributed by atoms with Crippen LogP contribution in [-0.4, -0.2) is 18.6 Å². The van der Waals surface area contributed by atoms with Gasteiger partial charge in [0.2, 0.25) is 5.91 Å². The summed E-state index contributed by atoms with van der Waals surface area (Å²) in [6.45, 7) is 2.95. The van der Waals surface area contributed by atoms with Gasteiger partial charge < -0.3 is 15.8 Å². The number of hydrogen-bond acceptors (Lipinski definition) is 3. The second-order valence-electron chi connectivity index (χ2n) is 5.62. The molecule has 3 rings (SSSR count). The summed E-state index contributed by atoms with van der Waals surface area (Å²) >= 11 is 0. The summed E-state index contributed by atoms with van der Waals surface area (Å²) in [5.74, 6) is 0.863. The van der Waals surface area contributed by atoms with Gasteiger partial charge in [-0.25, -0.2) is 0 Å². The van der Waals surface area contributed by atoms with Crippen LogP contribution in [0.15, 0.2) is 42.5 Å². The lowest BCUT2D eigenvalue weighted by molar-refractivity contribution is -0.122. The zero-order chi connectivity index (χ0) is 15.5. The minimum absolute atomic E-state index is 0.136. The van der Waals surface area contributed by atoms with Crippen LogP contribution in [0.25, 0.3) is 11.1 Å². The van der Waals surface area contributed by atoms with Gasteiger partial charge in [0.1, 0.15) is 5.75 Å². The predicted octanol–water partition coefficient (Wildman–Crippen LogP) is 2.25. The van der Waals surface area contributed by atoms with Crippen molar-refractivity contribution in [2.24, 2.45) is 5.73 Å². The summed E-state index contributed by atoms with van der Waals surface area (Å²) in [6, 6.07) is 14.0. The van der Waals surface area contributed by atoms with Crippen LogP contribution in [0.2, 0.25) is 0 Å². The average Bonchev–Trinajstić information content (AvgIpc) is 3.00. The standard InChI is InChI=1S/C18H20N2O2/c1-12(19)18(21)20-11-13-2-4-14(5-3-13)15-6-7-17-16(10-15)8-9-22-17/h2-7,10,12H,8-9,11,19H2,1H3,(H,20,21)/t12-/m1/s1. The molecule has 0 unspecified atom stereocenters. The van der Waals surface area contributed by atoms with Crippen molar-refractivity contribution in [3.05, 3.63) is 53.6 Å². The van der Waals surface area contributed by atoms with Crippen LogP contribution in [0.5, 0.6) is 5.75 Å². The van der Waals surface area contributed by atoms with Crippen LogP contribution in [0.3, 0.4) is 0 Å². The molecule has 1 heterocycles. The highest BCUT2D eigenvalue weighted by Gasteiger charge is 2.12. The van der Waals surface area contributed by atoms with Gasteiger partial charge >= 0.3 is 0 Å². The Bertz CT molecular complexity index is 678. The molecular formula is C18H20N2O2. The minimum Gasteiger partial charge on any atom is -0.493 e. The summed E-state index contributed by atoms with van der Waals surface area (Å²) < 4.78 is 5.53. The maximum atomic E-state index is 11.5. The lowest BCUT2D eigenvalue weighted by Crippen LogP contribution is -2.37. The smallest absolute Gasteiger partial charge is 0.236 e. The Morgan fingerprint density at radius 3 is 2.68 bits per heavy atom. The van der Waals surface area contributed by atoms with Gasteiger partial charge in [-0.05, 0) is 41.3 Å². The summed E-state index contributed by atoms with van der Waals surface area (Å²) in [5.41, 5.74) is 10.2. The molecular weight excluding hydrogens is 276 g/mol. The van der Waals surface area contributed by atoms with Crippen LogP contribution < -0.4 is 15.8 Å². The zero-order valence-electron chi connectivity index (χ0n) is 12.6. The van der Waals surface area contributed by atoms with Crippen molar-refractivity contribution < 1.29 is 9.53 Å². The van der Waals surface area contributed by atoms with E-state index in [1.54, 1.807) is 6.92 Å². The molecule has 1 aliphatic rings.